The van der Waals surface area contributed by atoms with Gasteiger partial charge in [-0.3, -0.25) is 25.0 Å². The van der Waals surface area contributed by atoms with Crippen LogP contribution in [-0.4, -0.2) is 22.8 Å². The summed E-state index contributed by atoms with van der Waals surface area (Å²) in [5, 5.41) is 13.2. The van der Waals surface area contributed by atoms with Crippen LogP contribution in [0.1, 0.15) is 23.6 Å². The summed E-state index contributed by atoms with van der Waals surface area (Å²) in [6, 6.07) is 18.9. The van der Waals surface area contributed by atoms with Gasteiger partial charge in [0, 0.05) is 17.7 Å². The van der Waals surface area contributed by atoms with Gasteiger partial charge in [0.05, 0.1) is 10.6 Å². The van der Waals surface area contributed by atoms with Gasteiger partial charge in [-0.1, -0.05) is 49.4 Å². The van der Waals surface area contributed by atoms with Crippen molar-refractivity contribution in [2.75, 3.05) is 4.90 Å². The minimum Gasteiger partial charge on any atom is -0.488 e. The van der Waals surface area contributed by atoms with E-state index in [-0.39, 0.29) is 17.9 Å². The zero-order valence-electron chi connectivity index (χ0n) is 18.8. The van der Waals surface area contributed by atoms with E-state index in [2.05, 4.69) is 5.32 Å². The van der Waals surface area contributed by atoms with Gasteiger partial charge < -0.3 is 4.74 Å². The average molecular weight is 471 g/mol. The van der Waals surface area contributed by atoms with Gasteiger partial charge in [-0.25, -0.2) is 9.69 Å². The molecular formula is C26H21N3O6. The summed E-state index contributed by atoms with van der Waals surface area (Å²) < 4.78 is 5.84. The molecule has 9 nitrogen and oxygen atoms in total. The number of carbonyl (C=O) groups is 3. The highest BCUT2D eigenvalue weighted by atomic mass is 16.6. The molecule has 0 saturated carbocycles. The lowest BCUT2D eigenvalue weighted by Crippen LogP contribution is -2.54. The summed E-state index contributed by atoms with van der Waals surface area (Å²) in [6.45, 7) is 2.03. The van der Waals surface area contributed by atoms with Crippen LogP contribution >= 0.6 is 0 Å². The summed E-state index contributed by atoms with van der Waals surface area (Å²) in [4.78, 5) is 49.6. The number of hydrogen-bond donors (Lipinski definition) is 1. The van der Waals surface area contributed by atoms with Crippen LogP contribution in [0.15, 0.2) is 78.4 Å². The number of imide groups is 2. The fourth-order valence-electron chi connectivity index (χ4n) is 3.58. The molecule has 35 heavy (non-hydrogen) atoms. The van der Waals surface area contributed by atoms with E-state index >= 15 is 0 Å². The molecule has 3 aromatic rings. The predicted octanol–water partition coefficient (Wildman–Crippen LogP) is 4.40. The summed E-state index contributed by atoms with van der Waals surface area (Å²) in [6.07, 6.45) is 2.16. The molecule has 0 unspecified atom stereocenters. The molecule has 1 heterocycles. The summed E-state index contributed by atoms with van der Waals surface area (Å²) in [7, 11) is 0. The largest absolute Gasteiger partial charge is 0.488 e. The zero-order valence-corrected chi connectivity index (χ0v) is 18.8. The van der Waals surface area contributed by atoms with Crippen LogP contribution in [0.2, 0.25) is 0 Å². The Labute approximate surface area is 200 Å². The van der Waals surface area contributed by atoms with E-state index in [9.17, 15) is 24.5 Å². The number of aryl methyl sites for hydroxylation is 1. The number of amides is 4. The molecule has 1 aliphatic rings. The molecule has 0 aliphatic carbocycles. The number of nitro groups is 1. The lowest BCUT2D eigenvalue weighted by atomic mass is 10.1. The fourth-order valence-corrected chi connectivity index (χ4v) is 3.58. The van der Waals surface area contributed by atoms with Gasteiger partial charge in [-0.05, 0) is 41.8 Å². The number of benzene rings is 3. The van der Waals surface area contributed by atoms with E-state index in [0.717, 1.165) is 16.9 Å². The predicted molar refractivity (Wildman–Crippen MR) is 129 cm³/mol. The van der Waals surface area contributed by atoms with E-state index in [1.54, 1.807) is 48.5 Å². The Morgan fingerprint density at radius 1 is 0.971 bits per heavy atom. The second kappa shape index (κ2) is 10.0. The highest BCUT2D eigenvalue weighted by Gasteiger charge is 2.36. The second-order valence-electron chi connectivity index (χ2n) is 7.73. The first-order valence-corrected chi connectivity index (χ1v) is 10.8. The van der Waals surface area contributed by atoms with E-state index in [0.29, 0.717) is 22.6 Å². The Morgan fingerprint density at radius 3 is 2.43 bits per heavy atom. The molecular weight excluding hydrogens is 450 g/mol. The first-order chi connectivity index (χ1) is 16.9. The molecule has 1 aliphatic heterocycles. The molecule has 4 amide bonds. The minimum atomic E-state index is -0.823. The number of non-ortho nitro benzene ring substituents is 1. The molecule has 1 N–H and O–H groups in total. The normalized spacial score (nSPS) is 14.7. The third-order valence-corrected chi connectivity index (χ3v) is 5.44. The Bertz CT molecular complexity index is 1350. The fraction of sp³-hybridized carbons (Fsp3) is 0.115. The van der Waals surface area contributed by atoms with Crippen molar-refractivity contribution in [1.29, 1.82) is 0 Å². The number of ether oxygens (including phenoxy) is 1. The topological polar surface area (TPSA) is 119 Å². The molecule has 0 radical (unpaired) electrons. The summed E-state index contributed by atoms with van der Waals surface area (Å²) >= 11 is 0. The molecule has 3 aromatic carbocycles. The van der Waals surface area contributed by atoms with E-state index in [1.807, 2.05) is 19.1 Å². The number of rotatable bonds is 7. The van der Waals surface area contributed by atoms with Crippen LogP contribution in [-0.2, 0) is 22.6 Å². The molecule has 0 aromatic heterocycles. The highest BCUT2D eigenvalue weighted by Crippen LogP contribution is 2.26. The quantitative estimate of drug-likeness (QED) is 0.236. The highest BCUT2D eigenvalue weighted by molar-refractivity contribution is 6.39. The summed E-state index contributed by atoms with van der Waals surface area (Å²) in [5.74, 6) is -1.20. The van der Waals surface area contributed by atoms with Crippen molar-refractivity contribution < 1.29 is 24.0 Å². The van der Waals surface area contributed by atoms with Gasteiger partial charge in [0.15, 0.2) is 0 Å². The molecule has 9 heteroatoms. The van der Waals surface area contributed by atoms with Crippen LogP contribution in [0.4, 0.5) is 16.2 Å². The smallest absolute Gasteiger partial charge is 0.335 e. The van der Waals surface area contributed by atoms with Gasteiger partial charge in [-0.15, -0.1) is 0 Å². The zero-order chi connectivity index (χ0) is 24.9. The van der Waals surface area contributed by atoms with Gasteiger partial charge in [-0.2, -0.15) is 0 Å². The Morgan fingerprint density at radius 2 is 1.71 bits per heavy atom. The standard InChI is InChI=1S/C26H21N3O6/c1-2-17-10-12-20(13-11-17)28-25(31)22(24(30)27-26(28)32)15-19-7-3-4-9-23(19)35-16-18-6-5-8-21(14-18)29(33)34/h3-15H,2,16H2,1H3,(H,27,30,32)/b22-15-. The number of nitro benzene ring substituents is 1. The lowest BCUT2D eigenvalue weighted by molar-refractivity contribution is -0.384. The second-order valence-corrected chi connectivity index (χ2v) is 7.73. The Kier molecular flexibility index (Phi) is 6.68. The van der Waals surface area contributed by atoms with E-state index in [1.165, 1.54) is 18.2 Å². The lowest BCUT2D eigenvalue weighted by Gasteiger charge is -2.26. The Balaban J connectivity index is 1.61. The molecule has 176 valence electrons. The van der Waals surface area contributed by atoms with Crippen molar-refractivity contribution in [3.05, 3.63) is 105 Å². The first-order valence-electron chi connectivity index (χ1n) is 10.8. The van der Waals surface area contributed by atoms with E-state index in [4.69, 9.17) is 4.74 Å². The minimum absolute atomic E-state index is 0.0381. The van der Waals surface area contributed by atoms with Crippen molar-refractivity contribution in [2.24, 2.45) is 0 Å². The third kappa shape index (κ3) is 5.09. The van der Waals surface area contributed by atoms with Gasteiger partial charge in [0.1, 0.15) is 17.9 Å². The number of anilines is 1. The number of urea groups is 1. The first kappa shape index (κ1) is 23.4. The molecule has 0 atom stereocenters. The van der Waals surface area contributed by atoms with Crippen molar-refractivity contribution in [3.8, 4) is 5.75 Å². The number of nitrogens with one attached hydrogen (secondary N) is 1. The molecule has 0 bridgehead atoms. The van der Waals surface area contributed by atoms with Crippen molar-refractivity contribution in [1.82, 2.24) is 5.32 Å². The Hall–Kier alpha value is -4.79. The van der Waals surface area contributed by atoms with Crippen LogP contribution in [0.5, 0.6) is 5.75 Å². The van der Waals surface area contributed by atoms with Crippen molar-refractivity contribution in [3.63, 3.8) is 0 Å². The van der Waals surface area contributed by atoms with Gasteiger partial charge in [0.2, 0.25) is 0 Å². The van der Waals surface area contributed by atoms with Gasteiger partial charge >= 0.3 is 6.03 Å². The van der Waals surface area contributed by atoms with Crippen LogP contribution in [0, 0.1) is 10.1 Å². The number of para-hydroxylation sites is 1. The summed E-state index contributed by atoms with van der Waals surface area (Å²) in [5.41, 5.74) is 2.13. The average Bonchev–Trinajstić information content (AvgIpc) is 2.86. The number of hydrogen-bond acceptors (Lipinski definition) is 6. The van der Waals surface area contributed by atoms with Gasteiger partial charge in [0.25, 0.3) is 17.5 Å². The van der Waals surface area contributed by atoms with E-state index < -0.39 is 22.8 Å². The number of carbonyl (C=O) groups excluding carboxylic acids is 3. The number of nitrogens with zero attached hydrogens (tertiary/aromatic N) is 2. The van der Waals surface area contributed by atoms with Crippen LogP contribution in [0.25, 0.3) is 6.08 Å². The maximum absolute atomic E-state index is 13.2. The molecule has 1 fully saturated rings. The monoisotopic (exact) mass is 471 g/mol. The van der Waals surface area contributed by atoms with Crippen molar-refractivity contribution >= 4 is 35.3 Å². The third-order valence-electron chi connectivity index (χ3n) is 5.44. The SMILES string of the molecule is CCc1ccc(N2C(=O)NC(=O)/C(=C/c3ccccc3OCc3cccc([N+](=O)[O-])c3)C2=O)cc1. The number of barbiturate groups is 1. The van der Waals surface area contributed by atoms with Crippen molar-refractivity contribution in [2.45, 2.75) is 20.0 Å². The maximum atomic E-state index is 13.2. The molecule has 1 saturated heterocycles. The molecule has 4 rings (SSSR count). The maximum Gasteiger partial charge on any atom is 0.335 e. The van der Waals surface area contributed by atoms with Crippen LogP contribution in [0.3, 0.4) is 0 Å². The molecule has 0 spiro atoms. The van der Waals surface area contributed by atoms with Crippen LogP contribution < -0.4 is 15.0 Å².